The number of aromatic nitrogens is 4. The third-order valence-electron chi connectivity index (χ3n) is 3.63. The number of esters is 1. The lowest BCUT2D eigenvalue weighted by atomic mass is 10.2. The van der Waals surface area contributed by atoms with Crippen molar-refractivity contribution >= 4 is 17.7 Å². The summed E-state index contributed by atoms with van der Waals surface area (Å²) in [6, 6.07) is 13.8. The van der Waals surface area contributed by atoms with Gasteiger partial charge in [0, 0.05) is 35.8 Å². The Labute approximate surface area is 156 Å². The molecule has 6 nitrogen and oxygen atoms in total. The van der Waals surface area contributed by atoms with Gasteiger partial charge in [-0.2, -0.15) is 0 Å². The standard InChI is InChI=1S/C19H20N4O2S/c1-2-25-17(24)11-7-13-26-19-22-21-18(15-8-6-12-20-14-15)23(19)16-9-4-3-5-10-16/h3-6,8-10,12,14H,2,7,11,13H2,1H3. The summed E-state index contributed by atoms with van der Waals surface area (Å²) in [4.78, 5) is 15.6. The predicted molar refractivity (Wildman–Crippen MR) is 101 cm³/mol. The van der Waals surface area contributed by atoms with E-state index in [1.54, 1.807) is 24.2 Å². The number of thioether (sulfide) groups is 1. The highest BCUT2D eigenvalue weighted by atomic mass is 32.2. The second-order valence-electron chi connectivity index (χ2n) is 5.48. The summed E-state index contributed by atoms with van der Waals surface area (Å²) < 4.78 is 6.98. The number of ether oxygens (including phenoxy) is 1. The van der Waals surface area contributed by atoms with E-state index in [4.69, 9.17) is 4.74 Å². The van der Waals surface area contributed by atoms with Crippen molar-refractivity contribution in [2.45, 2.75) is 24.9 Å². The fourth-order valence-electron chi connectivity index (χ4n) is 2.47. The Balaban J connectivity index is 1.80. The molecule has 0 unspecified atom stereocenters. The van der Waals surface area contributed by atoms with Crippen LogP contribution in [-0.2, 0) is 9.53 Å². The average molecular weight is 368 g/mol. The number of nitrogens with zero attached hydrogens (tertiary/aromatic N) is 4. The molecule has 26 heavy (non-hydrogen) atoms. The normalized spacial score (nSPS) is 10.7. The first-order valence-corrected chi connectivity index (χ1v) is 9.48. The first-order chi connectivity index (χ1) is 12.8. The van der Waals surface area contributed by atoms with Crippen LogP contribution < -0.4 is 0 Å². The number of hydrogen-bond acceptors (Lipinski definition) is 6. The minimum atomic E-state index is -0.159. The predicted octanol–water partition coefficient (Wildman–Crippen LogP) is 3.76. The van der Waals surface area contributed by atoms with Crippen LogP contribution in [0.25, 0.3) is 17.1 Å². The van der Waals surface area contributed by atoms with Crippen LogP contribution in [0.2, 0.25) is 0 Å². The van der Waals surface area contributed by atoms with Crippen molar-refractivity contribution < 1.29 is 9.53 Å². The quantitative estimate of drug-likeness (QED) is 0.342. The molecule has 0 radical (unpaired) electrons. The van der Waals surface area contributed by atoms with E-state index >= 15 is 0 Å². The second kappa shape index (κ2) is 9.15. The molecule has 0 bridgehead atoms. The molecule has 3 aromatic rings. The fourth-order valence-corrected chi connectivity index (χ4v) is 3.36. The van der Waals surface area contributed by atoms with Gasteiger partial charge in [0.15, 0.2) is 11.0 Å². The molecule has 2 aromatic heterocycles. The maximum Gasteiger partial charge on any atom is 0.305 e. The summed E-state index contributed by atoms with van der Waals surface area (Å²) in [5, 5.41) is 9.51. The van der Waals surface area contributed by atoms with Crippen LogP contribution in [0.15, 0.2) is 60.0 Å². The topological polar surface area (TPSA) is 69.9 Å². The highest BCUT2D eigenvalue weighted by Crippen LogP contribution is 2.27. The molecule has 0 N–H and O–H groups in total. The number of para-hydroxylation sites is 1. The van der Waals surface area contributed by atoms with E-state index in [0.29, 0.717) is 13.0 Å². The van der Waals surface area contributed by atoms with E-state index in [2.05, 4.69) is 15.2 Å². The summed E-state index contributed by atoms with van der Waals surface area (Å²) >= 11 is 1.58. The van der Waals surface area contributed by atoms with E-state index in [0.717, 1.165) is 34.4 Å². The zero-order valence-electron chi connectivity index (χ0n) is 14.5. The first kappa shape index (κ1) is 18.1. The summed E-state index contributed by atoms with van der Waals surface area (Å²) in [7, 11) is 0. The van der Waals surface area contributed by atoms with Crippen molar-refractivity contribution in [3.8, 4) is 17.1 Å². The van der Waals surface area contributed by atoms with E-state index in [1.807, 2.05) is 54.0 Å². The lowest BCUT2D eigenvalue weighted by Crippen LogP contribution is -2.04. The van der Waals surface area contributed by atoms with Crippen LogP contribution in [0.4, 0.5) is 0 Å². The van der Waals surface area contributed by atoms with Crippen molar-refractivity contribution in [2.75, 3.05) is 12.4 Å². The highest BCUT2D eigenvalue weighted by Gasteiger charge is 2.16. The van der Waals surface area contributed by atoms with Gasteiger partial charge in [-0.1, -0.05) is 30.0 Å². The van der Waals surface area contributed by atoms with Crippen molar-refractivity contribution in [2.24, 2.45) is 0 Å². The Bertz CT molecular complexity index is 837. The van der Waals surface area contributed by atoms with Crippen molar-refractivity contribution in [1.82, 2.24) is 19.7 Å². The molecular weight excluding hydrogens is 348 g/mol. The van der Waals surface area contributed by atoms with Gasteiger partial charge in [-0.25, -0.2) is 0 Å². The van der Waals surface area contributed by atoms with Crippen molar-refractivity contribution in [3.63, 3.8) is 0 Å². The van der Waals surface area contributed by atoms with Gasteiger partial charge in [-0.3, -0.25) is 14.3 Å². The van der Waals surface area contributed by atoms with Crippen LogP contribution >= 0.6 is 11.8 Å². The second-order valence-corrected chi connectivity index (χ2v) is 6.54. The molecule has 0 amide bonds. The molecule has 0 aliphatic carbocycles. The van der Waals surface area contributed by atoms with Crippen LogP contribution in [0, 0.1) is 0 Å². The summed E-state index contributed by atoms with van der Waals surface area (Å²) in [5.41, 5.74) is 1.89. The molecular formula is C19H20N4O2S. The summed E-state index contributed by atoms with van der Waals surface area (Å²) in [6.45, 7) is 2.23. The Morgan fingerprint density at radius 1 is 1.15 bits per heavy atom. The minimum absolute atomic E-state index is 0.159. The summed E-state index contributed by atoms with van der Waals surface area (Å²) in [5.74, 6) is 1.35. The molecule has 7 heteroatoms. The van der Waals surface area contributed by atoms with Crippen molar-refractivity contribution in [3.05, 3.63) is 54.9 Å². The van der Waals surface area contributed by atoms with Gasteiger partial charge in [0.2, 0.25) is 0 Å². The maximum atomic E-state index is 11.5. The van der Waals surface area contributed by atoms with E-state index in [-0.39, 0.29) is 5.97 Å². The Morgan fingerprint density at radius 2 is 2.00 bits per heavy atom. The zero-order valence-corrected chi connectivity index (χ0v) is 15.4. The highest BCUT2D eigenvalue weighted by molar-refractivity contribution is 7.99. The van der Waals surface area contributed by atoms with Gasteiger partial charge in [0.25, 0.3) is 0 Å². The smallest absolute Gasteiger partial charge is 0.305 e. The minimum Gasteiger partial charge on any atom is -0.466 e. The SMILES string of the molecule is CCOC(=O)CCCSc1nnc(-c2cccnc2)n1-c1ccccc1. The number of hydrogen-bond donors (Lipinski definition) is 0. The van der Waals surface area contributed by atoms with Gasteiger partial charge < -0.3 is 4.74 Å². The fraction of sp³-hybridized carbons (Fsp3) is 0.263. The number of pyridine rings is 1. The zero-order chi connectivity index (χ0) is 18.2. The van der Waals surface area contributed by atoms with E-state index in [1.165, 1.54) is 0 Å². The number of carbonyl (C=O) groups is 1. The first-order valence-electron chi connectivity index (χ1n) is 8.49. The van der Waals surface area contributed by atoms with Gasteiger partial charge >= 0.3 is 5.97 Å². The van der Waals surface area contributed by atoms with Crippen molar-refractivity contribution in [1.29, 1.82) is 0 Å². The number of carbonyl (C=O) groups excluding carboxylic acids is 1. The van der Waals surface area contributed by atoms with E-state index < -0.39 is 0 Å². The molecule has 0 atom stereocenters. The molecule has 0 saturated heterocycles. The van der Waals surface area contributed by atoms with Gasteiger partial charge in [-0.15, -0.1) is 10.2 Å². The van der Waals surface area contributed by atoms with Crippen LogP contribution in [-0.4, -0.2) is 38.1 Å². The van der Waals surface area contributed by atoms with Gasteiger partial charge in [0.05, 0.1) is 6.61 Å². The van der Waals surface area contributed by atoms with Gasteiger partial charge in [0.1, 0.15) is 0 Å². The monoisotopic (exact) mass is 368 g/mol. The lowest BCUT2D eigenvalue weighted by Gasteiger charge is -2.10. The van der Waals surface area contributed by atoms with E-state index in [9.17, 15) is 4.79 Å². The Kier molecular flexibility index (Phi) is 6.38. The molecule has 134 valence electrons. The molecule has 0 fully saturated rings. The lowest BCUT2D eigenvalue weighted by molar-refractivity contribution is -0.143. The largest absolute Gasteiger partial charge is 0.466 e. The summed E-state index contributed by atoms with van der Waals surface area (Å²) in [6.07, 6.45) is 4.65. The Hall–Kier alpha value is -2.67. The van der Waals surface area contributed by atoms with Gasteiger partial charge in [-0.05, 0) is 37.6 Å². The van der Waals surface area contributed by atoms with Crippen LogP contribution in [0.1, 0.15) is 19.8 Å². The number of benzene rings is 1. The molecule has 0 aliphatic rings. The molecule has 2 heterocycles. The molecule has 0 spiro atoms. The Morgan fingerprint density at radius 3 is 2.73 bits per heavy atom. The molecule has 3 rings (SSSR count). The molecule has 0 saturated carbocycles. The van der Waals surface area contributed by atoms with Crippen LogP contribution in [0.5, 0.6) is 0 Å². The molecule has 1 aromatic carbocycles. The maximum absolute atomic E-state index is 11.5. The van der Waals surface area contributed by atoms with Crippen LogP contribution in [0.3, 0.4) is 0 Å². The number of rotatable bonds is 8. The molecule has 0 aliphatic heterocycles. The average Bonchev–Trinajstić information content (AvgIpc) is 3.11. The third kappa shape index (κ3) is 4.49. The third-order valence-corrected chi connectivity index (χ3v) is 4.64.